The summed E-state index contributed by atoms with van der Waals surface area (Å²) in [6.45, 7) is 6.72. The summed E-state index contributed by atoms with van der Waals surface area (Å²) in [4.78, 5) is 12.5. The largest absolute Gasteiger partial charge is 0.350 e. The van der Waals surface area contributed by atoms with E-state index in [1.807, 2.05) is 7.05 Å². The average Bonchev–Trinajstić information content (AvgIpc) is 2.77. The van der Waals surface area contributed by atoms with Crippen LogP contribution in [-0.4, -0.2) is 23.6 Å². The Balaban J connectivity index is 1.98. The van der Waals surface area contributed by atoms with Crippen LogP contribution in [0, 0.1) is 12.3 Å². The van der Waals surface area contributed by atoms with Crippen LogP contribution in [0.3, 0.4) is 0 Å². The zero-order chi connectivity index (χ0) is 13.9. The predicted molar refractivity (Wildman–Crippen MR) is 76.8 cm³/mol. The fourth-order valence-electron chi connectivity index (χ4n) is 2.85. The molecule has 4 nitrogen and oxygen atoms in total. The van der Waals surface area contributed by atoms with Crippen molar-refractivity contribution in [1.82, 2.24) is 15.2 Å². The molecule has 0 radical (unpaired) electrons. The molecule has 0 spiro atoms. The minimum atomic E-state index is -0.161. The van der Waals surface area contributed by atoms with E-state index in [0.717, 1.165) is 38.0 Å². The van der Waals surface area contributed by atoms with Gasteiger partial charge in [-0.05, 0) is 51.4 Å². The lowest BCUT2D eigenvalue weighted by atomic mass is 9.76. The van der Waals surface area contributed by atoms with Gasteiger partial charge in [-0.3, -0.25) is 4.79 Å². The molecule has 1 aliphatic heterocycles. The summed E-state index contributed by atoms with van der Waals surface area (Å²) in [7, 11) is 2.04. The molecule has 1 saturated heterocycles. The van der Waals surface area contributed by atoms with Gasteiger partial charge in [0.15, 0.2) is 0 Å². The first-order chi connectivity index (χ1) is 9.09. The van der Waals surface area contributed by atoms with Gasteiger partial charge in [-0.15, -0.1) is 0 Å². The van der Waals surface area contributed by atoms with Crippen molar-refractivity contribution in [3.8, 4) is 0 Å². The Kier molecular flexibility index (Phi) is 4.30. The number of carbonyl (C=O) groups is 1. The first-order valence-corrected chi connectivity index (χ1v) is 7.19. The number of carbonyl (C=O) groups excluding carboxylic acids is 1. The molecule has 0 saturated carbocycles. The molecule has 1 aromatic rings. The lowest BCUT2D eigenvalue weighted by Crippen LogP contribution is -2.47. The Hall–Kier alpha value is -1.29. The summed E-state index contributed by atoms with van der Waals surface area (Å²) < 4.78 is 2.13. The van der Waals surface area contributed by atoms with Gasteiger partial charge in [0.25, 0.3) is 0 Å². The standard InChI is InChI=1S/C15H25N3O/c1-4-15(7-9-16-10-8-15)14(19)17-11-13-6-5-12(2)18(13)3/h5-6,16H,4,7-11H2,1-3H3,(H,17,19). The molecule has 1 aliphatic rings. The first kappa shape index (κ1) is 14.1. The van der Waals surface area contributed by atoms with Gasteiger partial charge in [-0.2, -0.15) is 0 Å². The summed E-state index contributed by atoms with van der Waals surface area (Å²) in [5.74, 6) is 0.218. The molecule has 2 N–H and O–H groups in total. The third kappa shape index (κ3) is 2.84. The lowest BCUT2D eigenvalue weighted by molar-refractivity contribution is -0.133. The van der Waals surface area contributed by atoms with Crippen LogP contribution >= 0.6 is 0 Å². The Morgan fingerprint density at radius 3 is 2.63 bits per heavy atom. The second-order valence-electron chi connectivity index (χ2n) is 5.59. The van der Waals surface area contributed by atoms with Crippen molar-refractivity contribution in [3.63, 3.8) is 0 Å². The normalized spacial score (nSPS) is 18.3. The molecule has 0 aromatic carbocycles. The third-order valence-corrected chi connectivity index (χ3v) is 4.63. The number of aryl methyl sites for hydroxylation is 1. The SMILES string of the molecule is CCC1(C(=O)NCc2ccc(C)n2C)CCNCC1. The topological polar surface area (TPSA) is 46.1 Å². The minimum absolute atomic E-state index is 0.161. The second kappa shape index (κ2) is 5.78. The van der Waals surface area contributed by atoms with E-state index in [1.165, 1.54) is 5.69 Å². The van der Waals surface area contributed by atoms with Crippen molar-refractivity contribution in [2.45, 2.75) is 39.7 Å². The van der Waals surface area contributed by atoms with E-state index >= 15 is 0 Å². The number of hydrogen-bond donors (Lipinski definition) is 2. The van der Waals surface area contributed by atoms with Gasteiger partial charge >= 0.3 is 0 Å². The highest BCUT2D eigenvalue weighted by molar-refractivity contribution is 5.82. The predicted octanol–water partition coefficient (Wildman–Crippen LogP) is 1.73. The zero-order valence-electron chi connectivity index (χ0n) is 12.3. The molecule has 2 heterocycles. The Bertz CT molecular complexity index is 444. The van der Waals surface area contributed by atoms with E-state index in [-0.39, 0.29) is 11.3 Å². The van der Waals surface area contributed by atoms with Crippen molar-refractivity contribution in [3.05, 3.63) is 23.5 Å². The quantitative estimate of drug-likeness (QED) is 0.869. The number of piperidine rings is 1. The summed E-state index contributed by atoms with van der Waals surface area (Å²) in [6, 6.07) is 4.16. The monoisotopic (exact) mass is 263 g/mol. The summed E-state index contributed by atoms with van der Waals surface area (Å²) >= 11 is 0. The van der Waals surface area contributed by atoms with E-state index in [1.54, 1.807) is 0 Å². The Morgan fingerprint density at radius 2 is 2.11 bits per heavy atom. The molecule has 19 heavy (non-hydrogen) atoms. The van der Waals surface area contributed by atoms with Crippen molar-refractivity contribution >= 4 is 5.91 Å². The molecule has 0 unspecified atom stereocenters. The third-order valence-electron chi connectivity index (χ3n) is 4.63. The minimum Gasteiger partial charge on any atom is -0.350 e. The lowest BCUT2D eigenvalue weighted by Gasteiger charge is -2.35. The van der Waals surface area contributed by atoms with Crippen molar-refractivity contribution < 1.29 is 4.79 Å². The van der Waals surface area contributed by atoms with Crippen molar-refractivity contribution in [2.24, 2.45) is 12.5 Å². The van der Waals surface area contributed by atoms with Crippen LogP contribution in [0.2, 0.25) is 0 Å². The first-order valence-electron chi connectivity index (χ1n) is 7.19. The zero-order valence-corrected chi connectivity index (χ0v) is 12.3. The van der Waals surface area contributed by atoms with Gasteiger partial charge in [0.2, 0.25) is 5.91 Å². The van der Waals surface area contributed by atoms with Crippen LogP contribution < -0.4 is 10.6 Å². The smallest absolute Gasteiger partial charge is 0.226 e. The molecule has 1 amide bonds. The van der Waals surface area contributed by atoms with Crippen LogP contribution in [0.1, 0.15) is 37.6 Å². The van der Waals surface area contributed by atoms with Crippen molar-refractivity contribution in [1.29, 1.82) is 0 Å². The van der Waals surface area contributed by atoms with Crippen molar-refractivity contribution in [2.75, 3.05) is 13.1 Å². The number of amides is 1. The van der Waals surface area contributed by atoms with E-state index in [0.29, 0.717) is 6.54 Å². The Morgan fingerprint density at radius 1 is 1.42 bits per heavy atom. The maximum absolute atomic E-state index is 12.5. The number of aromatic nitrogens is 1. The fourth-order valence-corrected chi connectivity index (χ4v) is 2.85. The molecule has 2 rings (SSSR count). The van der Waals surface area contributed by atoms with Gasteiger partial charge in [0.1, 0.15) is 0 Å². The summed E-state index contributed by atoms with van der Waals surface area (Å²) in [6.07, 6.45) is 2.82. The maximum Gasteiger partial charge on any atom is 0.226 e. The average molecular weight is 263 g/mol. The van der Waals surface area contributed by atoms with E-state index in [2.05, 4.69) is 41.2 Å². The summed E-state index contributed by atoms with van der Waals surface area (Å²) in [5, 5.41) is 6.46. The van der Waals surface area contributed by atoms with Crippen LogP contribution in [0.4, 0.5) is 0 Å². The van der Waals surface area contributed by atoms with Gasteiger partial charge in [0.05, 0.1) is 12.0 Å². The van der Waals surface area contributed by atoms with Gasteiger partial charge in [-0.25, -0.2) is 0 Å². The molecule has 0 atom stereocenters. The molecule has 1 fully saturated rings. The Labute approximate surface area is 115 Å². The van der Waals surface area contributed by atoms with Crippen LogP contribution in [0.5, 0.6) is 0 Å². The summed E-state index contributed by atoms with van der Waals surface area (Å²) in [5.41, 5.74) is 2.22. The molecule has 106 valence electrons. The highest BCUT2D eigenvalue weighted by Gasteiger charge is 2.37. The van der Waals surface area contributed by atoms with Crippen LogP contribution in [0.15, 0.2) is 12.1 Å². The van der Waals surface area contributed by atoms with Gasteiger partial charge < -0.3 is 15.2 Å². The molecule has 0 bridgehead atoms. The number of rotatable bonds is 4. The molecule has 0 aliphatic carbocycles. The number of nitrogens with one attached hydrogen (secondary N) is 2. The molecule has 1 aromatic heterocycles. The van der Waals surface area contributed by atoms with Crippen LogP contribution in [0.25, 0.3) is 0 Å². The molecular weight excluding hydrogens is 238 g/mol. The van der Waals surface area contributed by atoms with E-state index < -0.39 is 0 Å². The van der Waals surface area contributed by atoms with Gasteiger partial charge in [-0.1, -0.05) is 6.92 Å². The highest BCUT2D eigenvalue weighted by Crippen LogP contribution is 2.32. The molecular formula is C15H25N3O. The maximum atomic E-state index is 12.5. The second-order valence-corrected chi connectivity index (χ2v) is 5.59. The number of hydrogen-bond acceptors (Lipinski definition) is 2. The fraction of sp³-hybridized carbons (Fsp3) is 0.667. The van der Waals surface area contributed by atoms with Crippen LogP contribution in [-0.2, 0) is 18.4 Å². The van der Waals surface area contributed by atoms with E-state index in [9.17, 15) is 4.79 Å². The number of nitrogens with zero attached hydrogens (tertiary/aromatic N) is 1. The highest BCUT2D eigenvalue weighted by atomic mass is 16.2. The van der Waals surface area contributed by atoms with E-state index in [4.69, 9.17) is 0 Å². The van der Waals surface area contributed by atoms with Gasteiger partial charge in [0, 0.05) is 18.4 Å². The molecule has 4 heteroatoms.